The Morgan fingerprint density at radius 2 is 2.21 bits per heavy atom. The molecule has 3 nitrogen and oxygen atoms in total. The van der Waals surface area contributed by atoms with E-state index in [0.717, 1.165) is 11.3 Å². The molecule has 1 aromatic carbocycles. The van der Waals surface area contributed by atoms with Crippen LogP contribution in [0.1, 0.15) is 5.56 Å². The molecule has 76 valence electrons. The third kappa shape index (κ3) is 3.60. The van der Waals surface area contributed by atoms with E-state index in [-0.39, 0.29) is 13.6 Å². The van der Waals surface area contributed by atoms with Crippen molar-refractivity contribution in [3.8, 4) is 5.75 Å². The number of methoxy groups -OCH3 is 1. The topological polar surface area (TPSA) is 27.7 Å². The Labute approximate surface area is 83.9 Å². The summed E-state index contributed by atoms with van der Waals surface area (Å²) in [5, 5.41) is 0. The van der Waals surface area contributed by atoms with Gasteiger partial charge in [0.2, 0.25) is 0 Å². The van der Waals surface area contributed by atoms with Gasteiger partial charge in [-0.3, -0.25) is 0 Å². The minimum absolute atomic E-state index is 0.189. The zero-order chi connectivity index (χ0) is 10.2. The molecule has 0 atom stereocenters. The van der Waals surface area contributed by atoms with E-state index < -0.39 is 0 Å². The summed E-state index contributed by atoms with van der Waals surface area (Å²) in [6, 6.07) is 7.62. The van der Waals surface area contributed by atoms with Gasteiger partial charge < -0.3 is 14.2 Å². The normalized spacial score (nSPS) is 9.79. The van der Waals surface area contributed by atoms with Gasteiger partial charge in [-0.1, -0.05) is 24.8 Å². The van der Waals surface area contributed by atoms with Crippen molar-refractivity contribution in [2.24, 2.45) is 0 Å². The molecule has 0 aliphatic rings. The lowest BCUT2D eigenvalue weighted by Crippen LogP contribution is -2.04. The van der Waals surface area contributed by atoms with Crippen LogP contribution < -0.4 is 4.74 Å². The van der Waals surface area contributed by atoms with E-state index in [9.17, 15) is 0 Å². The van der Waals surface area contributed by atoms with Crippen LogP contribution in [0.3, 0.4) is 0 Å². The highest BCUT2D eigenvalue weighted by atomic mass is 16.7. The van der Waals surface area contributed by atoms with Gasteiger partial charge in [0, 0.05) is 7.11 Å². The van der Waals surface area contributed by atoms with Gasteiger partial charge in [0.1, 0.15) is 12.5 Å². The third-order valence-corrected chi connectivity index (χ3v) is 1.60. The van der Waals surface area contributed by atoms with E-state index in [0.29, 0.717) is 0 Å². The summed E-state index contributed by atoms with van der Waals surface area (Å²) in [7, 11) is 1.57. The van der Waals surface area contributed by atoms with E-state index in [4.69, 9.17) is 14.2 Å². The molecule has 0 N–H and O–H groups in total. The van der Waals surface area contributed by atoms with Gasteiger partial charge in [0.05, 0.1) is 0 Å². The number of hydrogen-bond donors (Lipinski definition) is 0. The summed E-state index contributed by atoms with van der Waals surface area (Å²) in [6.07, 6.45) is 1.77. The summed E-state index contributed by atoms with van der Waals surface area (Å²) in [4.78, 5) is 0. The van der Waals surface area contributed by atoms with E-state index in [1.54, 1.807) is 13.2 Å². The van der Waals surface area contributed by atoms with Crippen molar-refractivity contribution in [1.82, 2.24) is 0 Å². The second kappa shape index (κ2) is 6.18. The molecule has 0 heterocycles. The summed E-state index contributed by atoms with van der Waals surface area (Å²) in [5.41, 5.74) is 1.02. The first-order valence-electron chi connectivity index (χ1n) is 4.29. The van der Waals surface area contributed by atoms with Gasteiger partial charge in [-0.15, -0.1) is 0 Å². The monoisotopic (exact) mass is 194 g/mol. The fourth-order valence-electron chi connectivity index (χ4n) is 0.958. The van der Waals surface area contributed by atoms with Gasteiger partial charge in [0.25, 0.3) is 0 Å². The molecule has 0 unspecified atom stereocenters. The molecule has 0 radical (unpaired) electrons. The minimum atomic E-state index is 0.189. The quantitative estimate of drug-likeness (QED) is 0.513. The molecular formula is C11H14O3. The van der Waals surface area contributed by atoms with Crippen LogP contribution in [0.2, 0.25) is 0 Å². The van der Waals surface area contributed by atoms with Gasteiger partial charge >= 0.3 is 0 Å². The van der Waals surface area contributed by atoms with Gasteiger partial charge in [0.15, 0.2) is 6.79 Å². The first-order chi connectivity index (χ1) is 6.86. The Bertz CT molecular complexity index is 284. The SMILES string of the molecule is C=Cc1cccc(OCOCOC)c1. The molecule has 0 aromatic heterocycles. The standard InChI is InChI=1S/C11H14O3/c1-3-10-5-4-6-11(7-10)14-9-13-8-12-2/h3-7H,1,8-9H2,2H3. The number of ether oxygens (including phenoxy) is 3. The summed E-state index contributed by atoms with van der Waals surface area (Å²) in [6.45, 7) is 4.10. The van der Waals surface area contributed by atoms with E-state index in [1.807, 2.05) is 24.3 Å². The molecule has 0 saturated heterocycles. The van der Waals surface area contributed by atoms with Crippen molar-refractivity contribution in [1.29, 1.82) is 0 Å². The lowest BCUT2D eigenvalue weighted by molar-refractivity contribution is -0.0835. The molecule has 0 fully saturated rings. The molecule has 14 heavy (non-hydrogen) atoms. The van der Waals surface area contributed by atoms with Crippen molar-refractivity contribution in [2.75, 3.05) is 20.7 Å². The summed E-state index contributed by atoms with van der Waals surface area (Å²) in [5.74, 6) is 0.763. The second-order valence-corrected chi connectivity index (χ2v) is 2.65. The molecule has 0 aliphatic carbocycles. The molecule has 1 aromatic rings. The van der Waals surface area contributed by atoms with Crippen LogP contribution in [-0.4, -0.2) is 20.7 Å². The maximum absolute atomic E-state index is 5.30. The third-order valence-electron chi connectivity index (χ3n) is 1.60. The van der Waals surface area contributed by atoms with Crippen LogP contribution in [0.25, 0.3) is 6.08 Å². The van der Waals surface area contributed by atoms with Crippen LogP contribution in [0.5, 0.6) is 5.75 Å². The lowest BCUT2D eigenvalue weighted by Gasteiger charge is -2.06. The molecule has 0 saturated carbocycles. The molecule has 1 rings (SSSR count). The Balaban J connectivity index is 2.38. The number of benzene rings is 1. The largest absolute Gasteiger partial charge is 0.467 e. The second-order valence-electron chi connectivity index (χ2n) is 2.65. The van der Waals surface area contributed by atoms with Crippen molar-refractivity contribution in [2.45, 2.75) is 0 Å². The fourth-order valence-corrected chi connectivity index (χ4v) is 0.958. The summed E-state index contributed by atoms with van der Waals surface area (Å²) >= 11 is 0. The number of rotatable bonds is 6. The van der Waals surface area contributed by atoms with Crippen LogP contribution in [0.4, 0.5) is 0 Å². The molecule has 0 aliphatic heterocycles. The Morgan fingerprint density at radius 1 is 1.36 bits per heavy atom. The molecule has 0 bridgehead atoms. The Kier molecular flexibility index (Phi) is 4.75. The lowest BCUT2D eigenvalue weighted by atomic mass is 10.2. The molecular weight excluding hydrogens is 180 g/mol. The van der Waals surface area contributed by atoms with Crippen molar-refractivity contribution in [3.05, 3.63) is 36.4 Å². The van der Waals surface area contributed by atoms with Crippen molar-refractivity contribution >= 4 is 6.08 Å². The van der Waals surface area contributed by atoms with E-state index in [2.05, 4.69) is 6.58 Å². The molecule has 3 heteroatoms. The maximum atomic E-state index is 5.30. The number of hydrogen-bond acceptors (Lipinski definition) is 3. The van der Waals surface area contributed by atoms with Crippen molar-refractivity contribution in [3.63, 3.8) is 0 Å². The fraction of sp³-hybridized carbons (Fsp3) is 0.273. The maximum Gasteiger partial charge on any atom is 0.191 e. The molecule has 0 spiro atoms. The summed E-state index contributed by atoms with van der Waals surface area (Å²) < 4.78 is 15.0. The Hall–Kier alpha value is -1.32. The predicted molar refractivity (Wildman–Crippen MR) is 55.0 cm³/mol. The zero-order valence-corrected chi connectivity index (χ0v) is 8.23. The van der Waals surface area contributed by atoms with Crippen LogP contribution in [0.15, 0.2) is 30.8 Å². The minimum Gasteiger partial charge on any atom is -0.467 e. The van der Waals surface area contributed by atoms with E-state index >= 15 is 0 Å². The predicted octanol–water partition coefficient (Wildman–Crippen LogP) is 2.29. The smallest absolute Gasteiger partial charge is 0.191 e. The van der Waals surface area contributed by atoms with Crippen molar-refractivity contribution < 1.29 is 14.2 Å². The highest BCUT2D eigenvalue weighted by Crippen LogP contribution is 2.13. The Morgan fingerprint density at radius 3 is 2.93 bits per heavy atom. The average molecular weight is 194 g/mol. The van der Waals surface area contributed by atoms with Crippen LogP contribution in [-0.2, 0) is 9.47 Å². The first-order valence-corrected chi connectivity index (χ1v) is 4.29. The van der Waals surface area contributed by atoms with Gasteiger partial charge in [-0.2, -0.15) is 0 Å². The highest BCUT2D eigenvalue weighted by Gasteiger charge is 1.93. The van der Waals surface area contributed by atoms with Crippen LogP contribution in [0, 0.1) is 0 Å². The first kappa shape index (κ1) is 10.8. The highest BCUT2D eigenvalue weighted by molar-refractivity contribution is 5.49. The van der Waals surface area contributed by atoms with Gasteiger partial charge in [-0.05, 0) is 17.7 Å². The molecule has 0 amide bonds. The zero-order valence-electron chi connectivity index (χ0n) is 8.23. The van der Waals surface area contributed by atoms with Crippen LogP contribution >= 0.6 is 0 Å². The average Bonchev–Trinajstić information content (AvgIpc) is 2.25. The van der Waals surface area contributed by atoms with E-state index in [1.165, 1.54) is 0 Å². The van der Waals surface area contributed by atoms with Gasteiger partial charge in [-0.25, -0.2) is 0 Å².